The first kappa shape index (κ1) is 21.2. The molecule has 0 spiro atoms. The number of fused-ring (bicyclic) bond motifs is 4. The van der Waals surface area contributed by atoms with Crippen LogP contribution in [0.5, 0.6) is 0 Å². The van der Waals surface area contributed by atoms with Gasteiger partial charge in [-0.1, -0.05) is 19.9 Å². The number of benzene rings is 1. The van der Waals surface area contributed by atoms with E-state index in [2.05, 4.69) is 24.5 Å². The van der Waals surface area contributed by atoms with Gasteiger partial charge in [0.05, 0.1) is 0 Å². The molecule has 1 aromatic carbocycles. The van der Waals surface area contributed by atoms with Crippen molar-refractivity contribution in [2.75, 3.05) is 25.0 Å². The van der Waals surface area contributed by atoms with E-state index in [4.69, 9.17) is 0 Å². The highest BCUT2D eigenvalue weighted by molar-refractivity contribution is 5.95. The summed E-state index contributed by atoms with van der Waals surface area (Å²) in [5.41, 5.74) is 2.31. The standard InChI is InChI=1S/C24H30N4O3/c1-16(2)10-11-25-23(30)18-6-8-20(9-7-18)26-24(31)27-13-17-12-19(15-27)21-4-3-5-22(29)28(21)14-17/h3-9,16-17,19H,10-15H2,1-2H3,(H,25,30)(H,26,31)/t17-,19+/m0/s1. The molecular formula is C24H30N4O3. The third-order valence-corrected chi connectivity index (χ3v) is 6.17. The van der Waals surface area contributed by atoms with Gasteiger partial charge in [-0.2, -0.15) is 0 Å². The second kappa shape index (κ2) is 8.96. The van der Waals surface area contributed by atoms with Crippen molar-refractivity contribution in [2.24, 2.45) is 11.8 Å². The van der Waals surface area contributed by atoms with E-state index in [9.17, 15) is 14.4 Å². The lowest BCUT2D eigenvalue weighted by atomic mass is 9.83. The number of piperidine rings is 1. The Morgan fingerprint density at radius 1 is 1.06 bits per heavy atom. The van der Waals surface area contributed by atoms with Crippen molar-refractivity contribution in [2.45, 2.75) is 39.2 Å². The van der Waals surface area contributed by atoms with Crippen LogP contribution in [0.25, 0.3) is 0 Å². The summed E-state index contributed by atoms with van der Waals surface area (Å²) in [6.07, 6.45) is 1.95. The maximum Gasteiger partial charge on any atom is 0.321 e. The van der Waals surface area contributed by atoms with E-state index in [0.29, 0.717) is 43.3 Å². The molecule has 2 aliphatic heterocycles. The van der Waals surface area contributed by atoms with Gasteiger partial charge in [-0.05, 0) is 55.0 Å². The van der Waals surface area contributed by atoms with Crippen molar-refractivity contribution in [1.82, 2.24) is 14.8 Å². The third-order valence-electron chi connectivity index (χ3n) is 6.17. The average molecular weight is 423 g/mol. The summed E-state index contributed by atoms with van der Waals surface area (Å²) < 4.78 is 1.86. The van der Waals surface area contributed by atoms with Gasteiger partial charge in [-0.15, -0.1) is 0 Å². The van der Waals surface area contributed by atoms with Gasteiger partial charge in [0.15, 0.2) is 0 Å². The molecular weight excluding hydrogens is 392 g/mol. The van der Waals surface area contributed by atoms with E-state index in [1.54, 1.807) is 36.4 Å². The normalized spacial score (nSPS) is 19.6. The molecule has 1 saturated heterocycles. The summed E-state index contributed by atoms with van der Waals surface area (Å²) >= 11 is 0. The fourth-order valence-corrected chi connectivity index (χ4v) is 4.55. The van der Waals surface area contributed by atoms with Crippen LogP contribution in [0.15, 0.2) is 47.3 Å². The number of carbonyl (C=O) groups excluding carboxylic acids is 2. The molecule has 7 heteroatoms. The highest BCUT2D eigenvalue weighted by Gasteiger charge is 2.36. The number of amides is 3. The molecule has 2 N–H and O–H groups in total. The summed E-state index contributed by atoms with van der Waals surface area (Å²) in [6.45, 7) is 6.80. The number of anilines is 1. The first-order valence-corrected chi connectivity index (χ1v) is 11.0. The second-order valence-corrected chi connectivity index (χ2v) is 9.05. The number of pyridine rings is 1. The molecule has 3 amide bonds. The van der Waals surface area contributed by atoms with Gasteiger partial charge in [0.2, 0.25) is 0 Å². The molecule has 1 aromatic heterocycles. The fourth-order valence-electron chi connectivity index (χ4n) is 4.55. The number of likely N-dealkylation sites (tertiary alicyclic amines) is 1. The molecule has 0 saturated carbocycles. The van der Waals surface area contributed by atoms with Crippen LogP contribution in [0.2, 0.25) is 0 Å². The van der Waals surface area contributed by atoms with E-state index >= 15 is 0 Å². The fraction of sp³-hybridized carbons (Fsp3) is 0.458. The summed E-state index contributed by atoms with van der Waals surface area (Å²) in [4.78, 5) is 39.1. The zero-order valence-electron chi connectivity index (χ0n) is 18.1. The zero-order chi connectivity index (χ0) is 22.0. The van der Waals surface area contributed by atoms with Crippen LogP contribution in [-0.2, 0) is 6.54 Å². The van der Waals surface area contributed by atoms with Crippen molar-refractivity contribution in [3.8, 4) is 0 Å². The zero-order valence-corrected chi connectivity index (χ0v) is 18.1. The summed E-state index contributed by atoms with van der Waals surface area (Å²) in [7, 11) is 0. The Morgan fingerprint density at radius 3 is 2.58 bits per heavy atom. The van der Waals surface area contributed by atoms with Crippen molar-refractivity contribution in [3.63, 3.8) is 0 Å². The lowest BCUT2D eigenvalue weighted by Crippen LogP contribution is -2.50. The summed E-state index contributed by atoms with van der Waals surface area (Å²) in [5, 5.41) is 5.87. The van der Waals surface area contributed by atoms with Crippen molar-refractivity contribution >= 4 is 17.6 Å². The van der Waals surface area contributed by atoms with E-state index in [-0.39, 0.29) is 29.3 Å². The van der Waals surface area contributed by atoms with Crippen LogP contribution >= 0.6 is 0 Å². The quantitative estimate of drug-likeness (QED) is 0.776. The SMILES string of the molecule is CC(C)CCNC(=O)c1ccc(NC(=O)N2C[C@@H]3C[C@H](C2)c2cccc(=O)n2C3)cc1. The molecule has 1 fully saturated rings. The van der Waals surface area contributed by atoms with Gasteiger partial charge in [0.25, 0.3) is 11.5 Å². The monoisotopic (exact) mass is 422 g/mol. The van der Waals surface area contributed by atoms with E-state index in [1.807, 2.05) is 15.5 Å². The Kier molecular flexibility index (Phi) is 6.11. The van der Waals surface area contributed by atoms with Crippen LogP contribution in [0.1, 0.15) is 48.7 Å². The second-order valence-electron chi connectivity index (χ2n) is 9.05. The Hall–Kier alpha value is -3.09. The number of hydrogen-bond acceptors (Lipinski definition) is 3. The Morgan fingerprint density at radius 2 is 1.84 bits per heavy atom. The Balaban J connectivity index is 1.36. The highest BCUT2D eigenvalue weighted by atomic mass is 16.2. The topological polar surface area (TPSA) is 83.4 Å². The predicted molar refractivity (Wildman–Crippen MR) is 120 cm³/mol. The van der Waals surface area contributed by atoms with E-state index in [1.165, 1.54) is 0 Å². The lowest BCUT2D eigenvalue weighted by Gasteiger charge is -2.42. The molecule has 0 radical (unpaired) electrons. The van der Waals surface area contributed by atoms with E-state index < -0.39 is 0 Å². The van der Waals surface area contributed by atoms with Gasteiger partial charge in [0, 0.05) is 55.1 Å². The molecule has 0 aliphatic carbocycles. The molecule has 31 heavy (non-hydrogen) atoms. The third kappa shape index (κ3) is 4.81. The van der Waals surface area contributed by atoms with Gasteiger partial charge in [0.1, 0.15) is 0 Å². The minimum Gasteiger partial charge on any atom is -0.352 e. The number of aromatic nitrogens is 1. The summed E-state index contributed by atoms with van der Waals surface area (Å²) in [5.74, 6) is 0.913. The van der Waals surface area contributed by atoms with Crippen LogP contribution in [0.3, 0.4) is 0 Å². The molecule has 2 aromatic rings. The molecule has 3 heterocycles. The molecule has 0 unspecified atom stereocenters. The molecule has 2 bridgehead atoms. The van der Waals surface area contributed by atoms with E-state index in [0.717, 1.165) is 18.5 Å². The average Bonchev–Trinajstić information content (AvgIpc) is 2.74. The van der Waals surface area contributed by atoms with Crippen molar-refractivity contribution < 1.29 is 9.59 Å². The minimum atomic E-state index is -0.143. The maximum atomic E-state index is 12.9. The highest BCUT2D eigenvalue weighted by Crippen LogP contribution is 2.35. The predicted octanol–water partition coefficient (Wildman–Crippen LogP) is 3.28. The van der Waals surface area contributed by atoms with Crippen molar-refractivity contribution in [1.29, 1.82) is 0 Å². The Labute approximate surface area is 182 Å². The summed E-state index contributed by atoms with van der Waals surface area (Å²) in [6, 6.07) is 12.2. The number of nitrogens with zero attached hydrogens (tertiary/aromatic N) is 2. The van der Waals surface area contributed by atoms with Gasteiger partial charge in [-0.25, -0.2) is 4.79 Å². The number of nitrogens with one attached hydrogen (secondary N) is 2. The first-order valence-electron chi connectivity index (χ1n) is 11.0. The smallest absolute Gasteiger partial charge is 0.321 e. The molecule has 2 aliphatic rings. The van der Waals surface area contributed by atoms with Crippen LogP contribution in [-0.4, -0.2) is 41.0 Å². The molecule has 4 rings (SSSR count). The number of hydrogen-bond donors (Lipinski definition) is 2. The van der Waals surface area contributed by atoms with Gasteiger partial charge < -0.3 is 20.1 Å². The van der Waals surface area contributed by atoms with Crippen LogP contribution < -0.4 is 16.2 Å². The van der Waals surface area contributed by atoms with Gasteiger partial charge in [-0.3, -0.25) is 9.59 Å². The first-order chi connectivity index (χ1) is 14.9. The Bertz CT molecular complexity index is 1010. The number of carbonyl (C=O) groups is 2. The molecule has 164 valence electrons. The number of urea groups is 1. The van der Waals surface area contributed by atoms with Crippen LogP contribution in [0, 0.1) is 11.8 Å². The number of rotatable bonds is 5. The lowest BCUT2D eigenvalue weighted by molar-refractivity contribution is 0.0952. The maximum absolute atomic E-state index is 12.9. The molecule has 7 nitrogen and oxygen atoms in total. The van der Waals surface area contributed by atoms with Crippen molar-refractivity contribution in [3.05, 3.63) is 64.1 Å². The largest absolute Gasteiger partial charge is 0.352 e. The minimum absolute atomic E-state index is 0.0402. The molecule has 2 atom stereocenters. The van der Waals surface area contributed by atoms with Gasteiger partial charge >= 0.3 is 6.03 Å². The van der Waals surface area contributed by atoms with Crippen LogP contribution in [0.4, 0.5) is 10.5 Å².